The fraction of sp³-hybridized carbons (Fsp3) is 0.839. The first-order chi connectivity index (χ1) is 17.2. The molecule has 1 aliphatic carbocycles. The van der Waals surface area contributed by atoms with Gasteiger partial charge in [0, 0.05) is 19.6 Å². The van der Waals surface area contributed by atoms with E-state index in [9.17, 15) is 4.79 Å². The predicted octanol–water partition coefficient (Wildman–Crippen LogP) is 8.26. The Bertz CT molecular complexity index is 621. The molecule has 2 aliphatic heterocycles. The van der Waals surface area contributed by atoms with Gasteiger partial charge >= 0.3 is 5.97 Å². The van der Waals surface area contributed by atoms with E-state index in [-0.39, 0.29) is 6.42 Å². The van der Waals surface area contributed by atoms with Crippen molar-refractivity contribution in [2.24, 2.45) is 17.8 Å². The molecule has 0 radical (unpaired) electrons. The molecule has 4 nitrogen and oxygen atoms in total. The van der Waals surface area contributed by atoms with Gasteiger partial charge in [-0.15, -0.1) is 0 Å². The highest BCUT2D eigenvalue weighted by molar-refractivity contribution is 5.66. The number of carboxylic acids is 1. The van der Waals surface area contributed by atoms with Crippen molar-refractivity contribution in [1.82, 2.24) is 0 Å². The van der Waals surface area contributed by atoms with Crippen LogP contribution in [-0.4, -0.2) is 36.5 Å². The molecule has 3 aliphatic rings. The summed E-state index contributed by atoms with van der Waals surface area (Å²) in [6, 6.07) is 0. The van der Waals surface area contributed by atoms with Crippen LogP contribution in [0.4, 0.5) is 0 Å². The summed E-state index contributed by atoms with van der Waals surface area (Å²) >= 11 is 0. The second kappa shape index (κ2) is 17.3. The van der Waals surface area contributed by atoms with Gasteiger partial charge in [0.2, 0.25) is 0 Å². The zero-order valence-electron chi connectivity index (χ0n) is 22.2. The van der Waals surface area contributed by atoms with Gasteiger partial charge in [0.1, 0.15) is 0 Å². The van der Waals surface area contributed by atoms with Gasteiger partial charge in [-0.25, -0.2) is 0 Å². The van der Waals surface area contributed by atoms with Crippen LogP contribution in [0.15, 0.2) is 24.3 Å². The Labute approximate surface area is 214 Å². The van der Waals surface area contributed by atoms with Gasteiger partial charge in [-0.05, 0) is 94.8 Å². The minimum atomic E-state index is -0.698. The fourth-order valence-electron chi connectivity index (χ4n) is 6.54. The zero-order valence-corrected chi connectivity index (χ0v) is 22.2. The van der Waals surface area contributed by atoms with Crippen molar-refractivity contribution in [1.29, 1.82) is 0 Å². The number of carbonyl (C=O) groups is 1. The first-order valence-electron chi connectivity index (χ1n) is 15.0. The molecule has 0 spiro atoms. The van der Waals surface area contributed by atoms with Crippen molar-refractivity contribution >= 4 is 5.97 Å². The van der Waals surface area contributed by atoms with Crippen LogP contribution in [0.25, 0.3) is 0 Å². The smallest absolute Gasteiger partial charge is 0.303 e. The van der Waals surface area contributed by atoms with Crippen LogP contribution in [0.5, 0.6) is 0 Å². The minimum absolute atomic E-state index is 0.268. The standard InChI is InChI=1S/C31H52O4/c32-31(33)21-12-5-4-11-19-27-28(30-23-22-29(27)35-30)20-13-15-25-34-24-14-6-2-1-3-8-16-26-17-9-7-10-18-26/h1,3-4,11,26-30H,2,5-10,12-25H2,(H,32,33)/t27-,28+,29-,30+/m1/s1. The Kier molecular flexibility index (Phi) is 14.1. The number of ether oxygens (including phenoxy) is 2. The molecule has 2 bridgehead atoms. The second-order valence-electron chi connectivity index (χ2n) is 11.3. The van der Waals surface area contributed by atoms with E-state index in [1.165, 1.54) is 89.9 Å². The highest BCUT2D eigenvalue weighted by Crippen LogP contribution is 2.47. The van der Waals surface area contributed by atoms with Gasteiger partial charge in [0.25, 0.3) is 0 Å². The second-order valence-corrected chi connectivity index (χ2v) is 11.3. The van der Waals surface area contributed by atoms with Crippen molar-refractivity contribution in [3.63, 3.8) is 0 Å². The Morgan fingerprint density at radius 2 is 1.43 bits per heavy atom. The molecule has 3 fully saturated rings. The number of unbranched alkanes of at least 4 members (excludes halogenated alkanes) is 4. The largest absolute Gasteiger partial charge is 0.481 e. The molecule has 4 heteroatoms. The SMILES string of the molecule is O=C(O)CCCC=CC[C@@H]1[C@H](CCCCOCCCCC=CCCC2CCCCC2)[C@@H]2CC[C@H]1O2. The molecule has 0 aromatic carbocycles. The van der Waals surface area contributed by atoms with E-state index in [4.69, 9.17) is 14.6 Å². The molecule has 1 saturated carbocycles. The summed E-state index contributed by atoms with van der Waals surface area (Å²) < 4.78 is 12.2. The number of rotatable bonds is 19. The molecule has 2 heterocycles. The van der Waals surface area contributed by atoms with Crippen LogP contribution in [-0.2, 0) is 14.3 Å². The lowest BCUT2D eigenvalue weighted by Crippen LogP contribution is -2.26. The molecule has 3 rings (SSSR count). The van der Waals surface area contributed by atoms with E-state index < -0.39 is 5.97 Å². The zero-order chi connectivity index (χ0) is 24.6. The van der Waals surface area contributed by atoms with Crippen LogP contribution >= 0.6 is 0 Å². The van der Waals surface area contributed by atoms with Gasteiger partial charge in [-0.1, -0.05) is 62.8 Å². The lowest BCUT2D eigenvalue weighted by molar-refractivity contribution is -0.137. The fourth-order valence-corrected chi connectivity index (χ4v) is 6.54. The molecule has 4 atom stereocenters. The van der Waals surface area contributed by atoms with E-state index in [2.05, 4.69) is 24.3 Å². The average Bonchev–Trinajstić information content (AvgIpc) is 3.47. The van der Waals surface area contributed by atoms with Gasteiger partial charge in [0.05, 0.1) is 12.2 Å². The maximum absolute atomic E-state index is 10.6. The first-order valence-corrected chi connectivity index (χ1v) is 15.0. The monoisotopic (exact) mass is 488 g/mol. The molecule has 35 heavy (non-hydrogen) atoms. The molecule has 0 aromatic rings. The minimum Gasteiger partial charge on any atom is -0.481 e. The molecule has 2 saturated heterocycles. The Morgan fingerprint density at radius 1 is 0.743 bits per heavy atom. The van der Waals surface area contributed by atoms with Crippen molar-refractivity contribution in [2.75, 3.05) is 13.2 Å². The third-order valence-corrected chi connectivity index (χ3v) is 8.55. The van der Waals surface area contributed by atoms with Crippen LogP contribution in [0.1, 0.15) is 122 Å². The maximum atomic E-state index is 10.6. The quantitative estimate of drug-likeness (QED) is 0.147. The third-order valence-electron chi connectivity index (χ3n) is 8.55. The van der Waals surface area contributed by atoms with Crippen LogP contribution in [0.2, 0.25) is 0 Å². The number of allylic oxidation sites excluding steroid dienone is 4. The van der Waals surface area contributed by atoms with Crippen LogP contribution in [0, 0.1) is 17.8 Å². The highest BCUT2D eigenvalue weighted by atomic mass is 16.5. The van der Waals surface area contributed by atoms with E-state index in [1.807, 2.05) is 0 Å². The van der Waals surface area contributed by atoms with Crippen LogP contribution < -0.4 is 0 Å². The van der Waals surface area contributed by atoms with Crippen LogP contribution in [0.3, 0.4) is 0 Å². The van der Waals surface area contributed by atoms with E-state index >= 15 is 0 Å². The topological polar surface area (TPSA) is 55.8 Å². The lowest BCUT2D eigenvalue weighted by atomic mass is 9.75. The molecular weight excluding hydrogens is 436 g/mol. The third kappa shape index (κ3) is 11.2. The van der Waals surface area contributed by atoms with Crippen molar-refractivity contribution < 1.29 is 19.4 Å². The number of aliphatic carboxylic acids is 1. The molecule has 0 unspecified atom stereocenters. The Morgan fingerprint density at radius 3 is 2.23 bits per heavy atom. The molecule has 200 valence electrons. The van der Waals surface area contributed by atoms with Crippen molar-refractivity contribution in [2.45, 2.75) is 134 Å². The number of hydrogen-bond donors (Lipinski definition) is 1. The van der Waals surface area contributed by atoms with Gasteiger partial charge in [-0.3, -0.25) is 4.79 Å². The van der Waals surface area contributed by atoms with Gasteiger partial charge in [0.15, 0.2) is 0 Å². The summed E-state index contributed by atoms with van der Waals surface area (Å²) in [5.41, 5.74) is 0. The molecular formula is C31H52O4. The average molecular weight is 489 g/mol. The van der Waals surface area contributed by atoms with Gasteiger partial charge < -0.3 is 14.6 Å². The predicted molar refractivity (Wildman–Crippen MR) is 144 cm³/mol. The summed E-state index contributed by atoms with van der Waals surface area (Å²) in [6.07, 6.45) is 32.9. The summed E-state index contributed by atoms with van der Waals surface area (Å²) in [7, 11) is 0. The van der Waals surface area contributed by atoms with Gasteiger partial charge in [-0.2, -0.15) is 0 Å². The van der Waals surface area contributed by atoms with E-state index in [1.54, 1.807) is 0 Å². The molecule has 1 N–H and O–H groups in total. The summed E-state index contributed by atoms with van der Waals surface area (Å²) in [6.45, 7) is 1.80. The van der Waals surface area contributed by atoms with Crippen molar-refractivity contribution in [3.05, 3.63) is 24.3 Å². The summed E-state index contributed by atoms with van der Waals surface area (Å²) in [5, 5.41) is 8.74. The number of fused-ring (bicyclic) bond motifs is 2. The number of hydrogen-bond acceptors (Lipinski definition) is 3. The maximum Gasteiger partial charge on any atom is 0.303 e. The first kappa shape index (κ1) is 28.4. The molecule has 0 amide bonds. The van der Waals surface area contributed by atoms with E-state index in [0.717, 1.165) is 44.8 Å². The molecule has 0 aromatic heterocycles. The Hall–Kier alpha value is -1.13. The lowest BCUT2D eigenvalue weighted by Gasteiger charge is -2.27. The number of carboxylic acid groups (broad SMARTS) is 1. The summed E-state index contributed by atoms with van der Waals surface area (Å²) in [4.78, 5) is 10.6. The normalized spacial score (nSPS) is 27.0. The summed E-state index contributed by atoms with van der Waals surface area (Å²) in [5.74, 6) is 1.66. The van der Waals surface area contributed by atoms with E-state index in [0.29, 0.717) is 24.0 Å². The van der Waals surface area contributed by atoms with Crippen molar-refractivity contribution in [3.8, 4) is 0 Å². The highest BCUT2D eigenvalue weighted by Gasteiger charge is 2.47. The Balaban J connectivity index is 1.14.